The minimum absolute atomic E-state index is 0.764. The summed E-state index contributed by atoms with van der Waals surface area (Å²) in [5.41, 5.74) is 9.92. The molecule has 0 aliphatic carbocycles. The van der Waals surface area contributed by atoms with Crippen molar-refractivity contribution in [3.63, 3.8) is 0 Å². The van der Waals surface area contributed by atoms with Crippen LogP contribution in [0.15, 0.2) is 54.9 Å². The maximum atomic E-state index is 6.02. The molecule has 0 radical (unpaired) electrons. The second-order valence-corrected chi connectivity index (χ2v) is 5.07. The van der Waals surface area contributed by atoms with Crippen LogP contribution in [0.4, 0.5) is 11.4 Å². The van der Waals surface area contributed by atoms with Gasteiger partial charge in [-0.1, -0.05) is 6.07 Å². The first-order chi connectivity index (χ1) is 10.3. The van der Waals surface area contributed by atoms with Gasteiger partial charge in [0.25, 0.3) is 0 Å². The van der Waals surface area contributed by atoms with Gasteiger partial charge in [-0.3, -0.25) is 9.97 Å². The number of benzene rings is 1. The third-order valence-corrected chi connectivity index (χ3v) is 3.62. The van der Waals surface area contributed by atoms with E-state index in [4.69, 9.17) is 5.73 Å². The van der Waals surface area contributed by atoms with Crippen LogP contribution in [0, 0.1) is 0 Å². The van der Waals surface area contributed by atoms with E-state index in [-0.39, 0.29) is 0 Å². The van der Waals surface area contributed by atoms with Crippen molar-refractivity contribution in [2.75, 3.05) is 24.2 Å². The highest BCUT2D eigenvalue weighted by Gasteiger charge is 2.09. The SMILES string of the molecule is CN(CCc1ccccn1)c1ccc(N)c2cccnc12. The van der Waals surface area contributed by atoms with Crippen LogP contribution in [0.2, 0.25) is 0 Å². The number of anilines is 2. The number of aromatic nitrogens is 2. The molecule has 3 rings (SSSR count). The van der Waals surface area contributed by atoms with Crippen LogP contribution in [0.3, 0.4) is 0 Å². The number of hydrogen-bond donors (Lipinski definition) is 1. The molecule has 3 aromatic rings. The van der Waals surface area contributed by atoms with E-state index < -0.39 is 0 Å². The fourth-order valence-corrected chi connectivity index (χ4v) is 2.44. The smallest absolute Gasteiger partial charge is 0.0955 e. The second-order valence-electron chi connectivity index (χ2n) is 5.07. The van der Waals surface area contributed by atoms with Crippen LogP contribution in [-0.4, -0.2) is 23.6 Å². The molecule has 0 aliphatic rings. The molecule has 0 bridgehead atoms. The summed E-state index contributed by atoms with van der Waals surface area (Å²) in [5, 5.41) is 1.000. The molecule has 0 amide bonds. The zero-order chi connectivity index (χ0) is 14.7. The highest BCUT2D eigenvalue weighted by Crippen LogP contribution is 2.28. The molecule has 0 spiro atoms. The molecule has 21 heavy (non-hydrogen) atoms. The number of nitrogens with zero attached hydrogens (tertiary/aromatic N) is 3. The van der Waals surface area contributed by atoms with Gasteiger partial charge in [-0.25, -0.2) is 0 Å². The van der Waals surface area contributed by atoms with E-state index in [2.05, 4.69) is 21.9 Å². The Hall–Kier alpha value is -2.62. The molecular weight excluding hydrogens is 260 g/mol. The minimum atomic E-state index is 0.764. The van der Waals surface area contributed by atoms with Crippen molar-refractivity contribution in [1.82, 2.24) is 9.97 Å². The minimum Gasteiger partial charge on any atom is -0.398 e. The summed E-state index contributed by atoms with van der Waals surface area (Å²) < 4.78 is 0. The van der Waals surface area contributed by atoms with Crippen molar-refractivity contribution in [2.24, 2.45) is 0 Å². The Kier molecular flexibility index (Phi) is 3.69. The van der Waals surface area contributed by atoms with Crippen LogP contribution < -0.4 is 10.6 Å². The molecule has 2 N–H and O–H groups in total. The van der Waals surface area contributed by atoms with E-state index in [1.54, 1.807) is 6.20 Å². The van der Waals surface area contributed by atoms with Gasteiger partial charge in [0, 0.05) is 49.2 Å². The molecule has 0 fully saturated rings. The quantitative estimate of drug-likeness (QED) is 0.746. The monoisotopic (exact) mass is 278 g/mol. The number of fused-ring (bicyclic) bond motifs is 1. The van der Waals surface area contributed by atoms with Crippen LogP contribution in [0.25, 0.3) is 10.9 Å². The molecule has 0 unspecified atom stereocenters. The first-order valence-electron chi connectivity index (χ1n) is 7.00. The summed E-state index contributed by atoms with van der Waals surface area (Å²) in [4.78, 5) is 11.0. The average molecular weight is 278 g/mol. The number of likely N-dealkylation sites (N-methyl/N-ethyl adjacent to an activating group) is 1. The summed E-state index contributed by atoms with van der Waals surface area (Å²) in [5.74, 6) is 0. The normalized spacial score (nSPS) is 10.7. The van der Waals surface area contributed by atoms with E-state index in [9.17, 15) is 0 Å². The van der Waals surface area contributed by atoms with Gasteiger partial charge in [0.2, 0.25) is 0 Å². The topological polar surface area (TPSA) is 55.0 Å². The van der Waals surface area contributed by atoms with Gasteiger partial charge < -0.3 is 10.6 Å². The van der Waals surface area contributed by atoms with Crippen LogP contribution in [0.1, 0.15) is 5.69 Å². The van der Waals surface area contributed by atoms with Crippen LogP contribution >= 0.6 is 0 Å². The molecule has 2 heterocycles. The second kappa shape index (κ2) is 5.79. The largest absolute Gasteiger partial charge is 0.398 e. The van der Waals surface area contributed by atoms with Crippen molar-refractivity contribution < 1.29 is 0 Å². The zero-order valence-corrected chi connectivity index (χ0v) is 12.0. The van der Waals surface area contributed by atoms with Crippen molar-refractivity contribution in [3.8, 4) is 0 Å². The Morgan fingerprint density at radius 1 is 1.00 bits per heavy atom. The van der Waals surface area contributed by atoms with Gasteiger partial charge in [-0.05, 0) is 36.4 Å². The molecule has 0 saturated carbocycles. The number of rotatable bonds is 4. The molecule has 0 atom stereocenters. The molecule has 1 aromatic carbocycles. The summed E-state index contributed by atoms with van der Waals surface area (Å²) in [6.45, 7) is 0.882. The Bertz CT molecular complexity index is 740. The van der Waals surface area contributed by atoms with Gasteiger partial charge in [0.1, 0.15) is 0 Å². The zero-order valence-electron chi connectivity index (χ0n) is 12.0. The molecule has 2 aromatic heterocycles. The average Bonchev–Trinajstić information content (AvgIpc) is 2.54. The van der Waals surface area contributed by atoms with Gasteiger partial charge in [-0.15, -0.1) is 0 Å². The molecular formula is C17H18N4. The summed E-state index contributed by atoms with van der Waals surface area (Å²) in [6.07, 6.45) is 4.53. The van der Waals surface area contributed by atoms with Gasteiger partial charge >= 0.3 is 0 Å². The first-order valence-corrected chi connectivity index (χ1v) is 7.00. The summed E-state index contributed by atoms with van der Waals surface area (Å²) in [7, 11) is 2.07. The summed E-state index contributed by atoms with van der Waals surface area (Å²) >= 11 is 0. The van der Waals surface area contributed by atoms with Gasteiger partial charge in [0.15, 0.2) is 0 Å². The molecule has 4 heteroatoms. The molecule has 4 nitrogen and oxygen atoms in total. The molecule has 106 valence electrons. The van der Waals surface area contributed by atoms with E-state index in [1.807, 2.05) is 48.7 Å². The lowest BCUT2D eigenvalue weighted by Gasteiger charge is -2.21. The van der Waals surface area contributed by atoms with E-state index >= 15 is 0 Å². The Labute approximate surface area is 124 Å². The third kappa shape index (κ3) is 2.79. The van der Waals surface area contributed by atoms with E-state index in [1.165, 1.54) is 0 Å². The highest BCUT2D eigenvalue weighted by molar-refractivity contribution is 5.98. The lowest BCUT2D eigenvalue weighted by molar-refractivity contribution is 0.854. The Morgan fingerprint density at radius 3 is 2.67 bits per heavy atom. The summed E-state index contributed by atoms with van der Waals surface area (Å²) in [6, 6.07) is 13.9. The van der Waals surface area contributed by atoms with Gasteiger partial charge in [0.05, 0.1) is 11.2 Å². The first kappa shape index (κ1) is 13.4. The predicted molar refractivity (Wildman–Crippen MR) is 87.4 cm³/mol. The maximum Gasteiger partial charge on any atom is 0.0955 e. The van der Waals surface area contributed by atoms with Crippen molar-refractivity contribution >= 4 is 22.3 Å². The Balaban J connectivity index is 1.85. The fourth-order valence-electron chi connectivity index (χ4n) is 2.44. The standard InChI is InChI=1S/C17H18N4/c1-21(12-9-13-5-2-3-10-19-13)16-8-7-15(18)14-6-4-11-20-17(14)16/h2-8,10-11H,9,12,18H2,1H3. The highest BCUT2D eigenvalue weighted by atomic mass is 15.1. The van der Waals surface area contributed by atoms with E-state index in [0.717, 1.165) is 40.9 Å². The molecule has 0 aliphatic heterocycles. The van der Waals surface area contributed by atoms with Crippen molar-refractivity contribution in [1.29, 1.82) is 0 Å². The van der Waals surface area contributed by atoms with Gasteiger partial charge in [-0.2, -0.15) is 0 Å². The maximum absolute atomic E-state index is 6.02. The number of pyridine rings is 2. The fraction of sp³-hybridized carbons (Fsp3) is 0.176. The van der Waals surface area contributed by atoms with Crippen molar-refractivity contribution in [2.45, 2.75) is 6.42 Å². The number of nitrogens with two attached hydrogens (primary N) is 1. The lowest BCUT2D eigenvalue weighted by Crippen LogP contribution is -2.21. The predicted octanol–water partition coefficient (Wildman–Crippen LogP) is 2.89. The third-order valence-electron chi connectivity index (χ3n) is 3.62. The number of nitrogen functional groups attached to an aromatic ring is 1. The molecule has 0 saturated heterocycles. The van der Waals surface area contributed by atoms with Crippen molar-refractivity contribution in [3.05, 3.63) is 60.6 Å². The lowest BCUT2D eigenvalue weighted by atomic mass is 10.1. The van der Waals surface area contributed by atoms with E-state index in [0.29, 0.717) is 0 Å². The van der Waals surface area contributed by atoms with Crippen LogP contribution in [-0.2, 0) is 6.42 Å². The number of hydrogen-bond acceptors (Lipinski definition) is 4. The van der Waals surface area contributed by atoms with Crippen LogP contribution in [0.5, 0.6) is 0 Å². The Morgan fingerprint density at radius 2 is 1.86 bits per heavy atom.